The Hall–Kier alpha value is -1.30. The van der Waals surface area contributed by atoms with Gasteiger partial charge in [0.1, 0.15) is 0 Å². The van der Waals surface area contributed by atoms with E-state index in [4.69, 9.17) is 9.47 Å². The summed E-state index contributed by atoms with van der Waals surface area (Å²) in [5.74, 6) is 1.23. The largest absolute Gasteiger partial charge is 0.474 e. The van der Waals surface area contributed by atoms with E-state index in [9.17, 15) is 4.79 Å². The number of piperidine rings is 1. The van der Waals surface area contributed by atoms with Crippen LogP contribution in [-0.2, 0) is 4.74 Å². The third-order valence-corrected chi connectivity index (χ3v) is 4.66. The van der Waals surface area contributed by atoms with Gasteiger partial charge in [-0.3, -0.25) is 0 Å². The Morgan fingerprint density at radius 1 is 1.40 bits per heavy atom. The molecular formula is C14H22N2O3S. The number of hydrogen-bond acceptors (Lipinski definition) is 5. The number of rotatable bonds is 3. The predicted molar refractivity (Wildman–Crippen MR) is 78.6 cm³/mol. The number of methoxy groups -OCH3 is 1. The molecule has 0 bridgehead atoms. The Kier molecular flexibility index (Phi) is 4.86. The molecule has 1 amide bonds. The molecule has 1 aromatic heterocycles. The van der Waals surface area contributed by atoms with Crippen LogP contribution in [0.15, 0.2) is 0 Å². The summed E-state index contributed by atoms with van der Waals surface area (Å²) in [5, 5.41) is 0. The van der Waals surface area contributed by atoms with Crippen LogP contribution >= 0.6 is 11.5 Å². The lowest BCUT2D eigenvalue weighted by Gasteiger charge is -2.30. The Bertz CT molecular complexity index is 465. The van der Waals surface area contributed by atoms with Gasteiger partial charge in [0.2, 0.25) is 5.88 Å². The highest BCUT2D eigenvalue weighted by Gasteiger charge is 2.27. The summed E-state index contributed by atoms with van der Waals surface area (Å²) < 4.78 is 14.9. The molecule has 2 heterocycles. The zero-order valence-corrected chi connectivity index (χ0v) is 13.3. The van der Waals surface area contributed by atoms with Crippen molar-refractivity contribution in [2.24, 2.45) is 0 Å². The van der Waals surface area contributed by atoms with Crippen molar-refractivity contribution in [3.8, 4) is 5.88 Å². The fourth-order valence-electron chi connectivity index (χ4n) is 2.50. The first-order valence-corrected chi connectivity index (χ1v) is 7.76. The maximum atomic E-state index is 11.5. The van der Waals surface area contributed by atoms with Gasteiger partial charge < -0.3 is 14.4 Å². The zero-order chi connectivity index (χ0) is 14.7. The first-order chi connectivity index (χ1) is 9.52. The number of aromatic nitrogens is 1. The maximum Gasteiger partial charge on any atom is 0.409 e. The van der Waals surface area contributed by atoms with E-state index in [0.29, 0.717) is 5.92 Å². The quantitative estimate of drug-likeness (QED) is 0.860. The van der Waals surface area contributed by atoms with E-state index >= 15 is 0 Å². The third-order valence-electron chi connectivity index (χ3n) is 3.56. The minimum absolute atomic E-state index is 0.143. The van der Waals surface area contributed by atoms with Crippen molar-refractivity contribution in [2.45, 2.75) is 45.6 Å². The summed E-state index contributed by atoms with van der Waals surface area (Å²) in [6, 6.07) is 0. The molecule has 6 heteroatoms. The second-order valence-electron chi connectivity index (χ2n) is 5.37. The highest BCUT2D eigenvalue weighted by atomic mass is 32.1. The van der Waals surface area contributed by atoms with Gasteiger partial charge >= 0.3 is 6.09 Å². The van der Waals surface area contributed by atoms with Crippen molar-refractivity contribution in [1.82, 2.24) is 9.27 Å². The van der Waals surface area contributed by atoms with E-state index in [1.807, 2.05) is 13.8 Å². The number of amides is 1. The lowest BCUT2D eigenvalue weighted by Crippen LogP contribution is -2.37. The number of hydrogen-bond donors (Lipinski definition) is 0. The fraction of sp³-hybridized carbons (Fsp3) is 0.714. The van der Waals surface area contributed by atoms with Crippen molar-refractivity contribution < 1.29 is 14.3 Å². The van der Waals surface area contributed by atoms with Crippen LogP contribution in [0.2, 0.25) is 0 Å². The van der Waals surface area contributed by atoms with E-state index in [-0.39, 0.29) is 12.2 Å². The van der Waals surface area contributed by atoms with Crippen molar-refractivity contribution in [3.05, 3.63) is 10.4 Å². The van der Waals surface area contributed by atoms with Crippen LogP contribution in [0.1, 0.15) is 43.0 Å². The minimum atomic E-state index is -0.228. The van der Waals surface area contributed by atoms with Crippen LogP contribution in [0.5, 0.6) is 5.88 Å². The number of likely N-dealkylation sites (tertiary alicyclic amines) is 1. The van der Waals surface area contributed by atoms with E-state index in [1.165, 1.54) is 23.5 Å². The Morgan fingerprint density at radius 3 is 2.60 bits per heavy atom. The van der Waals surface area contributed by atoms with Crippen molar-refractivity contribution >= 4 is 17.6 Å². The number of nitrogens with zero attached hydrogens (tertiary/aromatic N) is 2. The van der Waals surface area contributed by atoms with E-state index < -0.39 is 0 Å². The standard InChI is InChI=1S/C14H22N2O3S/c1-9(2)19-13-10(3)12(20-15-13)11-5-7-16(8-6-11)14(17)18-4/h9,11H,5-8H2,1-4H3. The molecule has 0 atom stereocenters. The van der Waals surface area contributed by atoms with E-state index in [0.717, 1.165) is 37.4 Å². The summed E-state index contributed by atoms with van der Waals surface area (Å²) in [6.07, 6.45) is 1.83. The first-order valence-electron chi connectivity index (χ1n) is 6.98. The Morgan fingerprint density at radius 2 is 2.05 bits per heavy atom. The molecule has 5 nitrogen and oxygen atoms in total. The second kappa shape index (κ2) is 6.43. The second-order valence-corrected chi connectivity index (χ2v) is 6.18. The molecule has 1 fully saturated rings. The van der Waals surface area contributed by atoms with Gasteiger partial charge in [0.05, 0.1) is 13.2 Å². The van der Waals surface area contributed by atoms with Crippen LogP contribution in [0.3, 0.4) is 0 Å². The first kappa shape index (κ1) is 15.1. The van der Waals surface area contributed by atoms with Crippen LogP contribution < -0.4 is 4.74 Å². The molecule has 2 rings (SSSR count). The third kappa shape index (κ3) is 3.23. The van der Waals surface area contributed by atoms with E-state index in [2.05, 4.69) is 11.3 Å². The molecule has 0 radical (unpaired) electrons. The molecule has 0 unspecified atom stereocenters. The summed E-state index contributed by atoms with van der Waals surface area (Å²) in [5.41, 5.74) is 1.15. The minimum Gasteiger partial charge on any atom is -0.474 e. The van der Waals surface area contributed by atoms with Gasteiger partial charge in [-0.15, -0.1) is 0 Å². The average molecular weight is 298 g/mol. The van der Waals surface area contributed by atoms with Crippen molar-refractivity contribution in [2.75, 3.05) is 20.2 Å². The molecule has 1 aromatic rings. The number of carbonyl (C=O) groups excluding carboxylic acids is 1. The smallest absolute Gasteiger partial charge is 0.409 e. The lowest BCUT2D eigenvalue weighted by atomic mass is 9.93. The van der Waals surface area contributed by atoms with Gasteiger partial charge in [-0.2, -0.15) is 4.37 Å². The molecule has 1 saturated heterocycles. The SMILES string of the molecule is COC(=O)N1CCC(c2snc(OC(C)C)c2C)CC1. The zero-order valence-electron chi connectivity index (χ0n) is 12.5. The summed E-state index contributed by atoms with van der Waals surface area (Å²) in [7, 11) is 1.43. The van der Waals surface area contributed by atoms with E-state index in [1.54, 1.807) is 4.90 Å². The maximum absolute atomic E-state index is 11.5. The lowest BCUT2D eigenvalue weighted by molar-refractivity contribution is 0.112. The van der Waals surface area contributed by atoms with Gasteiger partial charge in [-0.25, -0.2) is 4.79 Å². The molecule has 0 aliphatic carbocycles. The van der Waals surface area contributed by atoms with Crippen LogP contribution in [0.4, 0.5) is 4.79 Å². The molecule has 20 heavy (non-hydrogen) atoms. The molecule has 0 N–H and O–H groups in total. The Balaban J connectivity index is 2.00. The number of carbonyl (C=O) groups is 1. The Labute approximate surface area is 124 Å². The predicted octanol–water partition coefficient (Wildman–Crippen LogP) is 3.18. The summed E-state index contributed by atoms with van der Waals surface area (Å²) in [6.45, 7) is 7.58. The number of ether oxygens (including phenoxy) is 2. The van der Waals surface area contributed by atoms with Crippen LogP contribution in [-0.4, -0.2) is 41.7 Å². The molecule has 0 spiro atoms. The molecule has 0 aromatic carbocycles. The molecular weight excluding hydrogens is 276 g/mol. The average Bonchev–Trinajstić information content (AvgIpc) is 2.79. The highest BCUT2D eigenvalue weighted by Crippen LogP contribution is 2.37. The highest BCUT2D eigenvalue weighted by molar-refractivity contribution is 7.06. The molecule has 1 aliphatic heterocycles. The van der Waals surface area contributed by atoms with Gasteiger partial charge in [0.15, 0.2) is 0 Å². The summed E-state index contributed by atoms with van der Waals surface area (Å²) in [4.78, 5) is 14.5. The fourth-order valence-corrected chi connectivity index (χ4v) is 3.47. The van der Waals surface area contributed by atoms with Crippen LogP contribution in [0, 0.1) is 6.92 Å². The van der Waals surface area contributed by atoms with Gasteiger partial charge in [-0.05, 0) is 51.1 Å². The topological polar surface area (TPSA) is 51.7 Å². The van der Waals surface area contributed by atoms with Crippen molar-refractivity contribution in [1.29, 1.82) is 0 Å². The molecule has 1 aliphatic rings. The molecule has 112 valence electrons. The van der Waals surface area contributed by atoms with Gasteiger partial charge in [0, 0.05) is 23.5 Å². The van der Waals surface area contributed by atoms with Crippen LogP contribution in [0.25, 0.3) is 0 Å². The van der Waals surface area contributed by atoms with Crippen molar-refractivity contribution in [3.63, 3.8) is 0 Å². The van der Waals surface area contributed by atoms with Gasteiger partial charge in [0.25, 0.3) is 0 Å². The molecule has 0 saturated carbocycles. The summed E-state index contributed by atoms with van der Waals surface area (Å²) >= 11 is 1.53. The monoisotopic (exact) mass is 298 g/mol. The normalized spacial score (nSPS) is 16.6. The van der Waals surface area contributed by atoms with Gasteiger partial charge in [-0.1, -0.05) is 0 Å².